The minimum atomic E-state index is -0.555. The van der Waals surface area contributed by atoms with Crippen LogP contribution < -0.4 is 5.32 Å². The normalized spacial score (nSPS) is 14.3. The van der Waals surface area contributed by atoms with E-state index in [1.54, 1.807) is 9.80 Å². The van der Waals surface area contributed by atoms with Crippen LogP contribution in [-0.4, -0.2) is 47.9 Å². The van der Waals surface area contributed by atoms with Gasteiger partial charge in [-0.15, -0.1) is 0 Å². The van der Waals surface area contributed by atoms with Crippen LogP contribution in [0.3, 0.4) is 0 Å². The van der Waals surface area contributed by atoms with E-state index in [0.717, 1.165) is 5.69 Å². The summed E-state index contributed by atoms with van der Waals surface area (Å²) in [7, 11) is 0. The van der Waals surface area contributed by atoms with E-state index in [4.69, 9.17) is 11.6 Å². The monoisotopic (exact) mass is 361 g/mol. The molecule has 0 unspecified atom stereocenters. The highest BCUT2D eigenvalue weighted by Gasteiger charge is 2.25. The standard InChI is InChI=1S/C18H17ClFN3O2/c19-15-12-13(6-7-16(15)20)17(24)22-8-10-23(11-9-22)18(25)21-14-4-2-1-3-5-14/h1-7,12H,8-11H2,(H,21,25). The van der Waals surface area contributed by atoms with E-state index in [1.165, 1.54) is 18.2 Å². The highest BCUT2D eigenvalue weighted by atomic mass is 35.5. The predicted octanol–water partition coefficient (Wildman–Crippen LogP) is 3.47. The Morgan fingerprint density at radius 2 is 1.60 bits per heavy atom. The molecule has 1 aliphatic heterocycles. The number of hydrogen-bond donors (Lipinski definition) is 1. The number of halogens is 2. The first kappa shape index (κ1) is 17.2. The highest BCUT2D eigenvalue weighted by molar-refractivity contribution is 6.31. The molecule has 1 heterocycles. The van der Waals surface area contributed by atoms with Crippen molar-refractivity contribution in [2.45, 2.75) is 0 Å². The molecule has 0 radical (unpaired) electrons. The van der Waals surface area contributed by atoms with Crippen LogP contribution in [0.4, 0.5) is 14.9 Å². The third-order valence-electron chi connectivity index (χ3n) is 4.05. The Labute approximate surface area is 150 Å². The Balaban J connectivity index is 1.57. The fourth-order valence-corrected chi connectivity index (χ4v) is 2.83. The van der Waals surface area contributed by atoms with Gasteiger partial charge in [0.05, 0.1) is 5.02 Å². The minimum Gasteiger partial charge on any atom is -0.335 e. The van der Waals surface area contributed by atoms with Gasteiger partial charge in [-0.1, -0.05) is 29.8 Å². The summed E-state index contributed by atoms with van der Waals surface area (Å²) in [6.07, 6.45) is 0. The zero-order chi connectivity index (χ0) is 17.8. The summed E-state index contributed by atoms with van der Waals surface area (Å²) in [5.41, 5.74) is 1.07. The number of nitrogens with zero attached hydrogens (tertiary/aromatic N) is 2. The van der Waals surface area contributed by atoms with E-state index in [-0.39, 0.29) is 17.0 Å². The van der Waals surface area contributed by atoms with E-state index in [9.17, 15) is 14.0 Å². The second kappa shape index (κ2) is 7.53. The number of nitrogens with one attached hydrogen (secondary N) is 1. The van der Waals surface area contributed by atoms with Gasteiger partial charge in [0.25, 0.3) is 5.91 Å². The molecule has 1 aliphatic rings. The molecule has 0 spiro atoms. The number of urea groups is 1. The first-order valence-corrected chi connectivity index (χ1v) is 8.28. The Bertz CT molecular complexity index is 777. The van der Waals surface area contributed by atoms with Crippen molar-refractivity contribution < 1.29 is 14.0 Å². The average molecular weight is 362 g/mol. The minimum absolute atomic E-state index is 0.0771. The summed E-state index contributed by atoms with van der Waals surface area (Å²) in [4.78, 5) is 28.0. The predicted molar refractivity (Wildman–Crippen MR) is 94.3 cm³/mol. The van der Waals surface area contributed by atoms with E-state index in [1.807, 2.05) is 30.3 Å². The second-order valence-corrected chi connectivity index (χ2v) is 6.11. The average Bonchev–Trinajstić information content (AvgIpc) is 2.64. The van der Waals surface area contributed by atoms with Crippen molar-refractivity contribution >= 4 is 29.2 Å². The SMILES string of the molecule is O=C(Nc1ccccc1)N1CCN(C(=O)c2ccc(F)c(Cl)c2)CC1. The third kappa shape index (κ3) is 4.09. The van der Waals surface area contributed by atoms with E-state index < -0.39 is 5.82 Å². The van der Waals surface area contributed by atoms with Crippen molar-refractivity contribution in [2.24, 2.45) is 0 Å². The van der Waals surface area contributed by atoms with Crippen molar-refractivity contribution in [1.29, 1.82) is 0 Å². The molecule has 0 bridgehead atoms. The molecule has 3 rings (SSSR count). The topological polar surface area (TPSA) is 52.7 Å². The molecule has 3 amide bonds. The summed E-state index contributed by atoms with van der Waals surface area (Å²) in [5, 5.41) is 2.75. The van der Waals surface area contributed by atoms with Crippen LogP contribution in [0.1, 0.15) is 10.4 Å². The lowest BCUT2D eigenvalue weighted by Gasteiger charge is -2.34. The van der Waals surface area contributed by atoms with Gasteiger partial charge in [-0.05, 0) is 30.3 Å². The molecular weight excluding hydrogens is 345 g/mol. The molecule has 2 aromatic rings. The zero-order valence-electron chi connectivity index (χ0n) is 13.4. The van der Waals surface area contributed by atoms with Crippen LogP contribution in [0.15, 0.2) is 48.5 Å². The summed E-state index contributed by atoms with van der Waals surface area (Å²) < 4.78 is 13.2. The number of anilines is 1. The van der Waals surface area contributed by atoms with Gasteiger partial charge in [0.15, 0.2) is 0 Å². The molecule has 7 heteroatoms. The molecule has 1 saturated heterocycles. The van der Waals surface area contributed by atoms with Gasteiger partial charge in [-0.3, -0.25) is 4.79 Å². The van der Waals surface area contributed by atoms with Crippen molar-refractivity contribution in [3.8, 4) is 0 Å². The largest absolute Gasteiger partial charge is 0.335 e. The lowest BCUT2D eigenvalue weighted by molar-refractivity contribution is 0.0671. The van der Waals surface area contributed by atoms with Crippen LogP contribution in [-0.2, 0) is 0 Å². The quantitative estimate of drug-likeness (QED) is 0.890. The van der Waals surface area contributed by atoms with Gasteiger partial charge in [0.2, 0.25) is 0 Å². The van der Waals surface area contributed by atoms with Gasteiger partial charge in [-0.2, -0.15) is 0 Å². The van der Waals surface area contributed by atoms with Crippen LogP contribution >= 0.6 is 11.6 Å². The first-order chi connectivity index (χ1) is 12.0. The Morgan fingerprint density at radius 1 is 0.960 bits per heavy atom. The first-order valence-electron chi connectivity index (χ1n) is 7.90. The molecule has 0 aliphatic carbocycles. The Hall–Kier alpha value is -2.60. The van der Waals surface area contributed by atoms with Gasteiger partial charge >= 0.3 is 6.03 Å². The fourth-order valence-electron chi connectivity index (χ4n) is 2.65. The molecule has 25 heavy (non-hydrogen) atoms. The molecule has 0 aromatic heterocycles. The van der Waals surface area contributed by atoms with Crippen LogP contribution in [0.2, 0.25) is 5.02 Å². The Morgan fingerprint density at radius 3 is 2.24 bits per heavy atom. The molecule has 1 fully saturated rings. The van der Waals surface area contributed by atoms with Gasteiger partial charge in [0.1, 0.15) is 5.82 Å². The summed E-state index contributed by atoms with van der Waals surface area (Å²) in [5.74, 6) is -0.773. The lowest BCUT2D eigenvalue weighted by atomic mass is 10.1. The summed E-state index contributed by atoms with van der Waals surface area (Å²) in [6, 6.07) is 12.9. The lowest BCUT2D eigenvalue weighted by Crippen LogP contribution is -2.51. The smallest absolute Gasteiger partial charge is 0.321 e. The maximum absolute atomic E-state index is 13.2. The number of benzene rings is 2. The van der Waals surface area contributed by atoms with Crippen LogP contribution in [0, 0.1) is 5.82 Å². The Kier molecular flexibility index (Phi) is 5.19. The molecule has 0 atom stereocenters. The number of amides is 3. The van der Waals surface area contributed by atoms with E-state index in [2.05, 4.69) is 5.32 Å². The number of carbonyl (C=O) groups excluding carboxylic acids is 2. The van der Waals surface area contributed by atoms with Crippen molar-refractivity contribution in [1.82, 2.24) is 9.80 Å². The number of para-hydroxylation sites is 1. The molecular formula is C18H17ClFN3O2. The molecule has 130 valence electrons. The van der Waals surface area contributed by atoms with Crippen molar-refractivity contribution in [3.63, 3.8) is 0 Å². The van der Waals surface area contributed by atoms with E-state index in [0.29, 0.717) is 31.7 Å². The second-order valence-electron chi connectivity index (χ2n) is 5.70. The molecule has 5 nitrogen and oxygen atoms in total. The number of piperazine rings is 1. The molecule has 0 saturated carbocycles. The number of hydrogen-bond acceptors (Lipinski definition) is 2. The summed E-state index contributed by atoms with van der Waals surface area (Å²) >= 11 is 5.73. The number of rotatable bonds is 2. The maximum Gasteiger partial charge on any atom is 0.321 e. The number of carbonyl (C=O) groups is 2. The highest BCUT2D eigenvalue weighted by Crippen LogP contribution is 2.18. The zero-order valence-corrected chi connectivity index (χ0v) is 14.2. The van der Waals surface area contributed by atoms with E-state index >= 15 is 0 Å². The maximum atomic E-state index is 13.2. The molecule has 2 aromatic carbocycles. The van der Waals surface area contributed by atoms with Gasteiger partial charge < -0.3 is 15.1 Å². The third-order valence-corrected chi connectivity index (χ3v) is 4.34. The van der Waals surface area contributed by atoms with Crippen molar-refractivity contribution in [3.05, 3.63) is 64.9 Å². The fraction of sp³-hybridized carbons (Fsp3) is 0.222. The van der Waals surface area contributed by atoms with Crippen LogP contribution in [0.5, 0.6) is 0 Å². The van der Waals surface area contributed by atoms with Crippen LogP contribution in [0.25, 0.3) is 0 Å². The van der Waals surface area contributed by atoms with Crippen molar-refractivity contribution in [2.75, 3.05) is 31.5 Å². The summed E-state index contributed by atoms with van der Waals surface area (Å²) in [6.45, 7) is 1.69. The molecule has 1 N–H and O–H groups in total. The van der Waals surface area contributed by atoms with Gasteiger partial charge in [0, 0.05) is 37.4 Å². The van der Waals surface area contributed by atoms with Gasteiger partial charge in [-0.25, -0.2) is 9.18 Å².